The number of ketones is 1. The molecule has 10 nitrogen and oxygen atoms in total. The van der Waals surface area contributed by atoms with E-state index in [0.717, 1.165) is 23.4 Å². The van der Waals surface area contributed by atoms with E-state index in [2.05, 4.69) is 43.0 Å². The van der Waals surface area contributed by atoms with Crippen molar-refractivity contribution in [3.05, 3.63) is 74.9 Å². The maximum absolute atomic E-state index is 13.6. The highest BCUT2D eigenvalue weighted by molar-refractivity contribution is 7.84. The number of aryl methyl sites for hydroxylation is 1. The van der Waals surface area contributed by atoms with Gasteiger partial charge in [-0.3, -0.25) is 8.98 Å². The van der Waals surface area contributed by atoms with Crippen molar-refractivity contribution >= 4 is 33.2 Å². The maximum Gasteiger partial charge on any atom is 0.333 e. The second kappa shape index (κ2) is 10.6. The minimum atomic E-state index is -4.09. The summed E-state index contributed by atoms with van der Waals surface area (Å²) in [4.78, 5) is 23.6. The number of aliphatic hydroxyl groups is 1. The summed E-state index contributed by atoms with van der Waals surface area (Å²) in [5.74, 6) is -0.219. The molecule has 0 amide bonds. The fourth-order valence-corrected chi connectivity index (χ4v) is 6.57. The van der Waals surface area contributed by atoms with Gasteiger partial charge in [-0.2, -0.15) is 8.42 Å². The van der Waals surface area contributed by atoms with Crippen molar-refractivity contribution in [2.75, 3.05) is 18.5 Å². The molecule has 1 saturated carbocycles. The smallest absolute Gasteiger partial charge is 0.333 e. The molecule has 37 heavy (non-hydrogen) atoms. The van der Waals surface area contributed by atoms with Crippen molar-refractivity contribution in [3.8, 4) is 0 Å². The summed E-state index contributed by atoms with van der Waals surface area (Å²) in [6, 6.07) is 10.1. The normalized spacial score (nSPS) is 23.5. The summed E-state index contributed by atoms with van der Waals surface area (Å²) in [6.07, 6.45) is 3.85. The molecular weight excluding hydrogens is 514 g/mol. The van der Waals surface area contributed by atoms with Gasteiger partial charge < -0.3 is 15.7 Å². The molecule has 196 valence electrons. The Morgan fingerprint density at radius 1 is 1.30 bits per heavy atom. The fourth-order valence-electron chi connectivity index (χ4n) is 5.20. The number of nitrogens with one attached hydrogen (secondary N) is 2. The van der Waals surface area contributed by atoms with Crippen LogP contribution in [0.3, 0.4) is 0 Å². The summed E-state index contributed by atoms with van der Waals surface area (Å²) in [7, 11) is -4.09. The number of hydrogen-bond acceptors (Lipinski definition) is 10. The van der Waals surface area contributed by atoms with E-state index in [1.54, 1.807) is 0 Å². The SMILES string of the molecule is Cc1sc(C(=O)c2cncnc2N[C@@H]2C[C@H](COS(N)(=O)=O)[C@@H](O)C2)cc1[C@@H]1NCCc2ccccc21. The summed E-state index contributed by atoms with van der Waals surface area (Å²) < 4.78 is 26.9. The molecule has 3 heterocycles. The van der Waals surface area contributed by atoms with Crippen molar-refractivity contribution in [1.82, 2.24) is 15.3 Å². The van der Waals surface area contributed by atoms with Crippen molar-refractivity contribution < 1.29 is 22.5 Å². The van der Waals surface area contributed by atoms with E-state index in [1.165, 1.54) is 35.0 Å². The molecule has 5 N–H and O–H groups in total. The van der Waals surface area contributed by atoms with Gasteiger partial charge in [0.25, 0.3) is 0 Å². The lowest BCUT2D eigenvalue weighted by molar-refractivity contribution is 0.101. The second-order valence-electron chi connectivity index (χ2n) is 9.49. The Labute approximate surface area is 219 Å². The van der Waals surface area contributed by atoms with Crippen molar-refractivity contribution in [2.45, 2.75) is 44.4 Å². The van der Waals surface area contributed by atoms with Gasteiger partial charge in [-0.05, 0) is 48.9 Å². The molecule has 3 aromatic rings. The molecule has 0 spiro atoms. The Bertz CT molecular complexity index is 1410. The van der Waals surface area contributed by atoms with Gasteiger partial charge >= 0.3 is 10.3 Å². The molecule has 1 aromatic carbocycles. The Kier molecular flexibility index (Phi) is 7.39. The molecule has 1 aliphatic carbocycles. The van der Waals surface area contributed by atoms with Crippen LogP contribution in [0.5, 0.6) is 0 Å². The van der Waals surface area contributed by atoms with Gasteiger partial charge in [0, 0.05) is 29.6 Å². The number of anilines is 1. The van der Waals surface area contributed by atoms with Gasteiger partial charge in [0.15, 0.2) is 0 Å². The van der Waals surface area contributed by atoms with Crippen molar-refractivity contribution in [3.63, 3.8) is 0 Å². The number of nitrogens with zero attached hydrogens (tertiary/aromatic N) is 2. The van der Waals surface area contributed by atoms with E-state index >= 15 is 0 Å². The van der Waals surface area contributed by atoms with Crippen LogP contribution in [0.1, 0.15) is 55.7 Å². The molecule has 0 radical (unpaired) electrons. The second-order valence-corrected chi connectivity index (χ2v) is 12.0. The molecule has 4 atom stereocenters. The van der Waals surface area contributed by atoms with E-state index in [9.17, 15) is 18.3 Å². The van der Waals surface area contributed by atoms with Crippen LogP contribution < -0.4 is 15.8 Å². The van der Waals surface area contributed by atoms with Gasteiger partial charge in [-0.15, -0.1) is 11.3 Å². The predicted molar refractivity (Wildman–Crippen MR) is 140 cm³/mol. The zero-order valence-corrected chi connectivity index (χ0v) is 21.9. The highest BCUT2D eigenvalue weighted by Gasteiger charge is 2.35. The first kappa shape index (κ1) is 25.9. The Hall–Kier alpha value is -2.74. The lowest BCUT2D eigenvalue weighted by Crippen LogP contribution is -2.30. The first-order valence-corrected chi connectivity index (χ1v) is 14.4. The lowest BCUT2D eigenvalue weighted by atomic mass is 9.90. The highest BCUT2D eigenvalue weighted by Crippen LogP contribution is 2.36. The Balaban J connectivity index is 1.34. The van der Waals surface area contributed by atoms with Crippen LogP contribution in [0.2, 0.25) is 0 Å². The number of rotatable bonds is 8. The van der Waals surface area contributed by atoms with E-state index in [1.807, 2.05) is 19.1 Å². The molecule has 1 fully saturated rings. The third-order valence-electron chi connectivity index (χ3n) is 7.00. The molecule has 0 unspecified atom stereocenters. The fraction of sp³-hybridized carbons (Fsp3) is 0.400. The number of aliphatic hydroxyl groups excluding tert-OH is 1. The van der Waals surface area contributed by atoms with Crippen LogP contribution in [-0.4, -0.2) is 54.6 Å². The topological polar surface area (TPSA) is 157 Å². The number of aromatic nitrogens is 2. The minimum Gasteiger partial charge on any atom is -0.393 e. The molecule has 1 aliphatic heterocycles. The van der Waals surface area contributed by atoms with Crippen LogP contribution >= 0.6 is 11.3 Å². The standard InChI is InChI=1S/C25H29N5O5S2/c1-14-19(23-18-5-3-2-4-15(18)6-7-28-23)10-22(36-14)24(32)20-11-27-13-29-25(20)30-17-8-16(21(31)9-17)12-35-37(26,33)34/h2-5,10-11,13,16-17,21,23,28,31H,6-9,12H2,1H3,(H2,26,33,34)(H,27,29,30)/t16-,17-,21+,23-/m1/s1. The van der Waals surface area contributed by atoms with Gasteiger partial charge in [0.05, 0.1) is 29.2 Å². The average Bonchev–Trinajstić information content (AvgIpc) is 3.43. The number of fused-ring (bicyclic) bond motifs is 1. The number of carbonyl (C=O) groups is 1. The molecule has 5 rings (SSSR count). The van der Waals surface area contributed by atoms with E-state index in [4.69, 9.17) is 5.14 Å². The van der Waals surface area contributed by atoms with E-state index in [0.29, 0.717) is 29.1 Å². The monoisotopic (exact) mass is 543 g/mol. The summed E-state index contributed by atoms with van der Waals surface area (Å²) in [5.41, 5.74) is 3.98. The largest absolute Gasteiger partial charge is 0.393 e. The highest BCUT2D eigenvalue weighted by atomic mass is 32.2. The number of carbonyl (C=O) groups excluding carboxylic acids is 1. The van der Waals surface area contributed by atoms with Crippen LogP contribution in [0.15, 0.2) is 42.9 Å². The summed E-state index contributed by atoms with van der Waals surface area (Å²) in [6.45, 7) is 2.70. The molecule has 0 bridgehead atoms. The van der Waals surface area contributed by atoms with Crippen molar-refractivity contribution in [2.24, 2.45) is 11.1 Å². The number of hydrogen-bond donors (Lipinski definition) is 4. The molecule has 12 heteroatoms. The maximum atomic E-state index is 13.6. The number of benzene rings is 1. The Morgan fingerprint density at radius 2 is 2.11 bits per heavy atom. The van der Waals surface area contributed by atoms with E-state index in [-0.39, 0.29) is 24.5 Å². The van der Waals surface area contributed by atoms with Gasteiger partial charge in [0.2, 0.25) is 5.78 Å². The molecular formula is C25H29N5O5S2. The van der Waals surface area contributed by atoms with Gasteiger partial charge in [0.1, 0.15) is 12.1 Å². The minimum absolute atomic E-state index is 0.0313. The van der Waals surface area contributed by atoms with Crippen LogP contribution in [-0.2, 0) is 20.9 Å². The first-order valence-electron chi connectivity index (χ1n) is 12.1. The average molecular weight is 544 g/mol. The van der Waals surface area contributed by atoms with Crippen molar-refractivity contribution in [1.29, 1.82) is 0 Å². The van der Waals surface area contributed by atoms with Gasteiger partial charge in [-0.1, -0.05) is 24.3 Å². The summed E-state index contributed by atoms with van der Waals surface area (Å²) >= 11 is 1.45. The lowest BCUT2D eigenvalue weighted by Gasteiger charge is -2.27. The van der Waals surface area contributed by atoms with Crippen LogP contribution in [0.25, 0.3) is 0 Å². The number of nitrogens with two attached hydrogens (primary N) is 1. The van der Waals surface area contributed by atoms with Crippen LogP contribution in [0, 0.1) is 12.8 Å². The Morgan fingerprint density at radius 3 is 2.92 bits per heavy atom. The predicted octanol–water partition coefficient (Wildman–Crippen LogP) is 2.08. The van der Waals surface area contributed by atoms with E-state index < -0.39 is 22.3 Å². The third-order valence-corrected chi connectivity index (χ3v) is 8.53. The van der Waals surface area contributed by atoms with Gasteiger partial charge in [-0.25, -0.2) is 15.1 Å². The first-order chi connectivity index (χ1) is 17.7. The molecule has 0 saturated heterocycles. The molecule has 2 aliphatic rings. The summed E-state index contributed by atoms with van der Waals surface area (Å²) in [5, 5.41) is 22.1. The zero-order chi connectivity index (χ0) is 26.2. The van der Waals surface area contributed by atoms with Crippen LogP contribution in [0.4, 0.5) is 5.82 Å². The number of thiophene rings is 1. The quantitative estimate of drug-likeness (QED) is 0.312. The molecule has 2 aromatic heterocycles. The third kappa shape index (κ3) is 5.74. The zero-order valence-electron chi connectivity index (χ0n) is 20.3.